The SMILES string of the molecule is OCc1ccnc(-c2ccn(Cc3cccc4cccc(Cn5ccc(-c6cc(CO)ccn6)n5)c34)n2)c1. The Balaban J connectivity index is 1.29. The van der Waals surface area contributed by atoms with Crippen LogP contribution in [0.15, 0.2) is 97.6 Å². The first-order valence-electron chi connectivity index (χ1n) is 12.4. The van der Waals surface area contributed by atoms with Crippen molar-refractivity contribution < 1.29 is 10.2 Å². The zero-order valence-electron chi connectivity index (χ0n) is 20.6. The molecule has 4 aromatic heterocycles. The molecule has 0 fully saturated rings. The van der Waals surface area contributed by atoms with Gasteiger partial charge in [0, 0.05) is 24.8 Å². The topological polar surface area (TPSA) is 102 Å². The lowest BCUT2D eigenvalue weighted by molar-refractivity contribution is 0.281. The Hall–Kier alpha value is -4.66. The Kier molecular flexibility index (Phi) is 6.47. The second-order valence-corrected chi connectivity index (χ2v) is 9.14. The molecular formula is C30H26N6O2. The highest BCUT2D eigenvalue weighted by Gasteiger charge is 2.12. The van der Waals surface area contributed by atoms with Crippen LogP contribution in [0, 0.1) is 0 Å². The highest BCUT2D eigenvalue weighted by Crippen LogP contribution is 2.26. The molecule has 0 saturated heterocycles. The van der Waals surface area contributed by atoms with Crippen LogP contribution in [0.3, 0.4) is 0 Å². The summed E-state index contributed by atoms with van der Waals surface area (Å²) < 4.78 is 3.83. The third-order valence-corrected chi connectivity index (χ3v) is 6.56. The smallest absolute Gasteiger partial charge is 0.111 e. The van der Waals surface area contributed by atoms with Gasteiger partial charge in [-0.1, -0.05) is 36.4 Å². The number of fused-ring (bicyclic) bond motifs is 1. The van der Waals surface area contributed by atoms with Gasteiger partial charge in [-0.05, 0) is 69.4 Å². The number of nitrogens with zero attached hydrogens (tertiary/aromatic N) is 6. The van der Waals surface area contributed by atoms with E-state index in [1.54, 1.807) is 24.5 Å². The number of aromatic nitrogens is 6. The van der Waals surface area contributed by atoms with E-state index in [1.165, 1.54) is 5.39 Å². The minimum Gasteiger partial charge on any atom is -0.392 e. The van der Waals surface area contributed by atoms with E-state index >= 15 is 0 Å². The van der Waals surface area contributed by atoms with Crippen molar-refractivity contribution in [2.75, 3.05) is 0 Å². The molecule has 6 rings (SSSR count). The quantitative estimate of drug-likeness (QED) is 0.319. The van der Waals surface area contributed by atoms with Crippen LogP contribution in [0.4, 0.5) is 0 Å². The van der Waals surface area contributed by atoms with E-state index in [0.29, 0.717) is 13.1 Å². The van der Waals surface area contributed by atoms with E-state index in [-0.39, 0.29) is 13.2 Å². The van der Waals surface area contributed by atoms with Crippen molar-refractivity contribution in [3.8, 4) is 22.8 Å². The maximum Gasteiger partial charge on any atom is 0.111 e. The van der Waals surface area contributed by atoms with Gasteiger partial charge in [0.05, 0.1) is 37.7 Å². The normalized spacial score (nSPS) is 11.3. The molecule has 8 heteroatoms. The molecular weight excluding hydrogens is 476 g/mol. The summed E-state index contributed by atoms with van der Waals surface area (Å²) in [4.78, 5) is 8.82. The lowest BCUT2D eigenvalue weighted by Crippen LogP contribution is -2.05. The third-order valence-electron chi connectivity index (χ3n) is 6.56. The minimum absolute atomic E-state index is 0.0295. The van der Waals surface area contributed by atoms with Crippen molar-refractivity contribution in [1.29, 1.82) is 0 Å². The van der Waals surface area contributed by atoms with Crippen LogP contribution in [-0.2, 0) is 26.3 Å². The van der Waals surface area contributed by atoms with Gasteiger partial charge in [0.15, 0.2) is 0 Å². The van der Waals surface area contributed by atoms with Crippen molar-refractivity contribution >= 4 is 10.8 Å². The molecule has 38 heavy (non-hydrogen) atoms. The predicted octanol–water partition coefficient (Wildman–Crippen LogP) is 4.44. The molecule has 0 aliphatic carbocycles. The second-order valence-electron chi connectivity index (χ2n) is 9.14. The Labute approximate surface area is 219 Å². The molecule has 0 aliphatic heterocycles. The molecule has 0 amide bonds. The maximum absolute atomic E-state index is 9.45. The molecule has 2 aromatic carbocycles. The highest BCUT2D eigenvalue weighted by atomic mass is 16.3. The van der Waals surface area contributed by atoms with Crippen molar-refractivity contribution in [2.45, 2.75) is 26.3 Å². The maximum atomic E-state index is 9.45. The van der Waals surface area contributed by atoms with Gasteiger partial charge >= 0.3 is 0 Å². The Morgan fingerprint density at radius 2 is 1.08 bits per heavy atom. The molecule has 0 spiro atoms. The zero-order chi connectivity index (χ0) is 25.9. The predicted molar refractivity (Wildman–Crippen MR) is 145 cm³/mol. The van der Waals surface area contributed by atoms with Crippen LogP contribution < -0.4 is 0 Å². The number of hydrogen-bond acceptors (Lipinski definition) is 6. The number of pyridine rings is 2. The summed E-state index contributed by atoms with van der Waals surface area (Å²) in [6.45, 7) is 1.16. The average molecular weight is 503 g/mol. The fourth-order valence-corrected chi connectivity index (χ4v) is 4.71. The second kappa shape index (κ2) is 10.4. The Morgan fingerprint density at radius 3 is 1.55 bits per heavy atom. The first kappa shape index (κ1) is 23.7. The first-order valence-corrected chi connectivity index (χ1v) is 12.4. The third kappa shape index (κ3) is 4.82. The van der Waals surface area contributed by atoms with E-state index in [9.17, 15) is 10.2 Å². The summed E-state index contributed by atoms with van der Waals surface area (Å²) in [6.07, 6.45) is 7.29. The van der Waals surface area contributed by atoms with E-state index in [4.69, 9.17) is 10.2 Å². The van der Waals surface area contributed by atoms with Gasteiger partial charge in [-0.2, -0.15) is 10.2 Å². The summed E-state index contributed by atoms with van der Waals surface area (Å²) in [5, 5.41) is 30.8. The molecule has 6 aromatic rings. The van der Waals surface area contributed by atoms with Crippen molar-refractivity contribution in [3.63, 3.8) is 0 Å². The van der Waals surface area contributed by atoms with Crippen LogP contribution in [0.2, 0.25) is 0 Å². The van der Waals surface area contributed by atoms with Crippen LogP contribution in [0.5, 0.6) is 0 Å². The molecule has 0 unspecified atom stereocenters. The van der Waals surface area contributed by atoms with Gasteiger partial charge in [-0.25, -0.2) is 0 Å². The first-order chi connectivity index (χ1) is 18.7. The molecule has 0 aliphatic rings. The Bertz CT molecular complexity index is 1600. The number of aliphatic hydroxyl groups excluding tert-OH is 2. The van der Waals surface area contributed by atoms with Crippen LogP contribution in [0.1, 0.15) is 22.3 Å². The van der Waals surface area contributed by atoms with Gasteiger partial charge in [-0.3, -0.25) is 19.3 Å². The minimum atomic E-state index is -0.0295. The van der Waals surface area contributed by atoms with Crippen molar-refractivity contribution in [2.24, 2.45) is 0 Å². The van der Waals surface area contributed by atoms with Gasteiger partial charge in [0.2, 0.25) is 0 Å². The fraction of sp³-hybridized carbons (Fsp3) is 0.133. The highest BCUT2D eigenvalue weighted by molar-refractivity contribution is 5.89. The van der Waals surface area contributed by atoms with E-state index in [2.05, 4.69) is 46.4 Å². The summed E-state index contributed by atoms with van der Waals surface area (Å²) >= 11 is 0. The lowest BCUT2D eigenvalue weighted by Gasteiger charge is -2.12. The molecule has 0 bridgehead atoms. The van der Waals surface area contributed by atoms with Crippen LogP contribution >= 0.6 is 0 Å². The fourth-order valence-electron chi connectivity index (χ4n) is 4.71. The summed E-state index contributed by atoms with van der Waals surface area (Å²) in [5.74, 6) is 0. The summed E-state index contributed by atoms with van der Waals surface area (Å²) in [6, 6.07) is 23.9. The molecule has 2 N–H and O–H groups in total. The molecule has 0 radical (unpaired) electrons. The standard InChI is InChI=1S/C30H26N6O2/c37-19-21-7-11-31-28(15-21)26-9-13-35(33-26)17-24-5-1-3-23-4-2-6-25(30(23)24)18-36-14-10-27(34-36)29-16-22(20-38)8-12-32-29/h1-16,37-38H,17-20H2. The lowest BCUT2D eigenvalue weighted by atomic mass is 9.99. The molecule has 0 atom stereocenters. The van der Waals surface area contributed by atoms with Gasteiger partial charge in [0.1, 0.15) is 11.4 Å². The zero-order valence-corrected chi connectivity index (χ0v) is 20.6. The van der Waals surface area contributed by atoms with E-state index in [1.807, 2.05) is 46.0 Å². The molecule has 188 valence electrons. The van der Waals surface area contributed by atoms with E-state index < -0.39 is 0 Å². The number of aliphatic hydroxyl groups is 2. The van der Waals surface area contributed by atoms with Crippen molar-refractivity contribution in [3.05, 3.63) is 120 Å². The Morgan fingerprint density at radius 1 is 0.579 bits per heavy atom. The van der Waals surface area contributed by atoms with Gasteiger partial charge in [-0.15, -0.1) is 0 Å². The summed E-state index contributed by atoms with van der Waals surface area (Å²) in [5.41, 5.74) is 6.95. The van der Waals surface area contributed by atoms with Crippen molar-refractivity contribution in [1.82, 2.24) is 29.5 Å². The van der Waals surface area contributed by atoms with Crippen LogP contribution in [0.25, 0.3) is 33.5 Å². The average Bonchev–Trinajstić information content (AvgIpc) is 3.63. The van der Waals surface area contributed by atoms with Gasteiger partial charge in [0.25, 0.3) is 0 Å². The number of rotatable bonds is 8. The van der Waals surface area contributed by atoms with E-state index in [0.717, 1.165) is 50.4 Å². The molecule has 4 heterocycles. The van der Waals surface area contributed by atoms with Crippen LogP contribution in [-0.4, -0.2) is 39.7 Å². The molecule has 0 saturated carbocycles. The largest absolute Gasteiger partial charge is 0.392 e. The van der Waals surface area contributed by atoms with Gasteiger partial charge < -0.3 is 10.2 Å². The monoisotopic (exact) mass is 502 g/mol. The molecule has 8 nitrogen and oxygen atoms in total. The number of benzene rings is 2. The summed E-state index contributed by atoms with van der Waals surface area (Å²) in [7, 11) is 0. The number of hydrogen-bond donors (Lipinski definition) is 2.